The lowest BCUT2D eigenvalue weighted by Crippen LogP contribution is -2.19. The van der Waals surface area contributed by atoms with E-state index in [1.165, 1.54) is 17.2 Å². The molecule has 0 unspecified atom stereocenters. The first-order chi connectivity index (χ1) is 11.4. The molecule has 0 fully saturated rings. The van der Waals surface area contributed by atoms with Gasteiger partial charge in [0.2, 0.25) is 0 Å². The van der Waals surface area contributed by atoms with Gasteiger partial charge in [-0.1, -0.05) is 41.9 Å². The average Bonchev–Trinajstić information content (AvgIpc) is 2.96. The van der Waals surface area contributed by atoms with Gasteiger partial charge in [-0.3, -0.25) is 0 Å². The number of hydrogen-bond acceptors (Lipinski definition) is 3. The van der Waals surface area contributed by atoms with Gasteiger partial charge in [0.15, 0.2) is 5.76 Å². The zero-order valence-corrected chi connectivity index (χ0v) is 13.1. The van der Waals surface area contributed by atoms with Gasteiger partial charge in [0.1, 0.15) is 0 Å². The average molecular weight is 356 g/mol. The summed E-state index contributed by atoms with van der Waals surface area (Å²) in [5, 5.41) is 11.3. The fourth-order valence-corrected chi connectivity index (χ4v) is 2.68. The molecule has 1 aliphatic heterocycles. The summed E-state index contributed by atoms with van der Waals surface area (Å²) in [4.78, 5) is 5.70. The van der Waals surface area contributed by atoms with Crippen LogP contribution in [0.1, 0.15) is 16.7 Å². The highest BCUT2D eigenvalue weighted by Gasteiger charge is 2.31. The molecule has 7 heteroatoms. The maximum Gasteiger partial charge on any atom is 0.416 e. The van der Waals surface area contributed by atoms with Gasteiger partial charge in [-0.25, -0.2) is 5.06 Å². The number of nitrogens with zero attached hydrogens (tertiary/aromatic N) is 1. The van der Waals surface area contributed by atoms with E-state index >= 15 is 0 Å². The van der Waals surface area contributed by atoms with Crippen LogP contribution in [0.3, 0.4) is 0 Å². The smallest absolute Gasteiger partial charge is 0.392 e. The van der Waals surface area contributed by atoms with Crippen molar-refractivity contribution in [3.63, 3.8) is 0 Å². The van der Waals surface area contributed by atoms with Crippen molar-refractivity contribution >= 4 is 23.0 Å². The lowest BCUT2D eigenvalue weighted by Gasteiger charge is -2.20. The molecule has 0 saturated heterocycles. The Labute approximate surface area is 141 Å². The van der Waals surface area contributed by atoms with E-state index in [2.05, 4.69) is 0 Å². The minimum absolute atomic E-state index is 0.163. The molecule has 1 N–H and O–H groups in total. The summed E-state index contributed by atoms with van der Waals surface area (Å²) in [5.74, 6) is 0.304. The Balaban J connectivity index is 1.84. The fourth-order valence-electron chi connectivity index (χ4n) is 2.43. The van der Waals surface area contributed by atoms with Gasteiger partial charge in [-0.05, 0) is 18.2 Å². The molecule has 2 aromatic carbocycles. The van der Waals surface area contributed by atoms with Crippen LogP contribution in [0.25, 0.3) is 5.76 Å². The van der Waals surface area contributed by atoms with Crippen LogP contribution in [0.15, 0.2) is 53.6 Å². The summed E-state index contributed by atoms with van der Waals surface area (Å²) in [7, 11) is 0. The van der Waals surface area contributed by atoms with Gasteiger partial charge in [0.05, 0.1) is 29.4 Å². The van der Waals surface area contributed by atoms with Crippen molar-refractivity contribution in [2.75, 3.05) is 11.6 Å². The molecule has 0 amide bonds. The van der Waals surface area contributed by atoms with Crippen molar-refractivity contribution < 1.29 is 23.1 Å². The van der Waals surface area contributed by atoms with E-state index in [-0.39, 0.29) is 13.2 Å². The number of aliphatic hydroxyl groups is 1. The maximum absolute atomic E-state index is 12.6. The number of benzene rings is 2. The van der Waals surface area contributed by atoms with Crippen LogP contribution in [0, 0.1) is 0 Å². The molecular formula is C17H13ClF3NO2. The SMILES string of the molecule is OCc1ccccc1N1CC(Cl)=C(c2ccc(C(F)(F)F)cc2)O1. The van der Waals surface area contributed by atoms with Crippen molar-refractivity contribution in [1.82, 2.24) is 0 Å². The van der Waals surface area contributed by atoms with Gasteiger partial charge in [-0.2, -0.15) is 13.2 Å². The lowest BCUT2D eigenvalue weighted by atomic mass is 10.1. The molecule has 24 heavy (non-hydrogen) atoms. The molecule has 0 atom stereocenters. The summed E-state index contributed by atoms with van der Waals surface area (Å²) < 4.78 is 37.9. The molecule has 2 aromatic rings. The van der Waals surface area contributed by atoms with Crippen LogP contribution >= 0.6 is 11.6 Å². The molecule has 3 nitrogen and oxygen atoms in total. The predicted molar refractivity (Wildman–Crippen MR) is 85.0 cm³/mol. The second kappa shape index (κ2) is 6.37. The van der Waals surface area contributed by atoms with Crippen LogP contribution < -0.4 is 5.06 Å². The second-order valence-electron chi connectivity index (χ2n) is 5.22. The van der Waals surface area contributed by atoms with Crippen LogP contribution in [0.5, 0.6) is 0 Å². The van der Waals surface area contributed by atoms with E-state index in [0.717, 1.165) is 12.1 Å². The highest BCUT2D eigenvalue weighted by molar-refractivity contribution is 6.33. The summed E-state index contributed by atoms with van der Waals surface area (Å²) in [6.45, 7) is 0.0815. The molecule has 0 aliphatic carbocycles. The van der Waals surface area contributed by atoms with Crippen molar-refractivity contribution in [2.45, 2.75) is 12.8 Å². The molecule has 0 spiro atoms. The third kappa shape index (κ3) is 3.20. The molecule has 0 radical (unpaired) electrons. The Morgan fingerprint density at radius 1 is 1.08 bits per heavy atom. The summed E-state index contributed by atoms with van der Waals surface area (Å²) in [5.41, 5.74) is 1.04. The number of hydrogen-bond donors (Lipinski definition) is 1. The normalized spacial score (nSPS) is 15.0. The Hall–Kier alpha value is -2.18. The molecule has 0 bridgehead atoms. The third-order valence-electron chi connectivity index (χ3n) is 3.64. The zero-order valence-electron chi connectivity index (χ0n) is 12.3. The first-order valence-electron chi connectivity index (χ1n) is 7.10. The predicted octanol–water partition coefficient (Wildman–Crippen LogP) is 4.56. The number of alkyl halides is 3. The topological polar surface area (TPSA) is 32.7 Å². The number of anilines is 1. The van der Waals surface area contributed by atoms with Crippen LogP contribution in [0.4, 0.5) is 18.9 Å². The maximum atomic E-state index is 12.6. The van der Waals surface area contributed by atoms with Gasteiger partial charge < -0.3 is 9.94 Å². The third-order valence-corrected chi connectivity index (χ3v) is 3.93. The van der Waals surface area contributed by atoms with Gasteiger partial charge in [0.25, 0.3) is 0 Å². The van der Waals surface area contributed by atoms with Crippen LogP contribution in [0.2, 0.25) is 0 Å². The number of rotatable bonds is 3. The molecule has 0 saturated carbocycles. The second-order valence-corrected chi connectivity index (χ2v) is 5.68. The Morgan fingerprint density at radius 3 is 2.38 bits per heavy atom. The highest BCUT2D eigenvalue weighted by Crippen LogP contribution is 2.36. The fraction of sp³-hybridized carbons (Fsp3) is 0.176. The molecule has 126 valence electrons. The van der Waals surface area contributed by atoms with E-state index in [0.29, 0.717) is 27.6 Å². The molecule has 1 aliphatic rings. The molecular weight excluding hydrogens is 343 g/mol. The van der Waals surface area contributed by atoms with E-state index < -0.39 is 11.7 Å². The van der Waals surface area contributed by atoms with Crippen molar-refractivity contribution in [2.24, 2.45) is 0 Å². The van der Waals surface area contributed by atoms with Crippen molar-refractivity contribution in [3.05, 3.63) is 70.3 Å². The van der Waals surface area contributed by atoms with Crippen LogP contribution in [-0.2, 0) is 17.6 Å². The minimum atomic E-state index is -4.39. The molecule has 3 rings (SSSR count). The standard InChI is InChI=1S/C17H13ClF3NO2/c18-14-9-22(15-4-2-1-3-12(15)10-23)24-16(14)11-5-7-13(8-6-11)17(19,20)21/h1-8,23H,9-10H2. The van der Waals surface area contributed by atoms with Gasteiger partial charge in [-0.15, -0.1) is 0 Å². The lowest BCUT2D eigenvalue weighted by molar-refractivity contribution is -0.137. The van der Waals surface area contributed by atoms with Crippen LogP contribution in [-0.4, -0.2) is 11.7 Å². The van der Waals surface area contributed by atoms with Crippen molar-refractivity contribution in [3.8, 4) is 0 Å². The Morgan fingerprint density at radius 2 is 1.75 bits per heavy atom. The number of halogens is 4. The first-order valence-corrected chi connectivity index (χ1v) is 7.48. The summed E-state index contributed by atoms with van der Waals surface area (Å²) >= 11 is 6.21. The molecule has 1 heterocycles. The minimum Gasteiger partial charge on any atom is -0.392 e. The quantitative estimate of drug-likeness (QED) is 0.876. The van der Waals surface area contributed by atoms with Gasteiger partial charge >= 0.3 is 6.18 Å². The Kier molecular flexibility index (Phi) is 4.43. The van der Waals surface area contributed by atoms with Crippen molar-refractivity contribution in [1.29, 1.82) is 0 Å². The number of para-hydroxylation sites is 1. The summed E-state index contributed by atoms with van der Waals surface area (Å²) in [6.07, 6.45) is -4.39. The van der Waals surface area contributed by atoms with E-state index in [4.69, 9.17) is 16.4 Å². The molecule has 0 aromatic heterocycles. The number of aliphatic hydroxyl groups excluding tert-OH is 1. The Bertz CT molecular complexity index is 772. The van der Waals surface area contributed by atoms with E-state index in [1.54, 1.807) is 24.3 Å². The van der Waals surface area contributed by atoms with E-state index in [1.807, 2.05) is 0 Å². The largest absolute Gasteiger partial charge is 0.416 e. The first kappa shape index (κ1) is 16.7. The number of hydroxylamine groups is 1. The van der Waals surface area contributed by atoms with E-state index in [9.17, 15) is 18.3 Å². The summed E-state index contributed by atoms with van der Waals surface area (Å²) in [6, 6.07) is 11.7. The highest BCUT2D eigenvalue weighted by atomic mass is 35.5. The van der Waals surface area contributed by atoms with Gasteiger partial charge in [0, 0.05) is 11.1 Å². The monoisotopic (exact) mass is 355 g/mol. The zero-order chi connectivity index (χ0) is 17.3.